The van der Waals surface area contributed by atoms with Gasteiger partial charge < -0.3 is 74.6 Å². The number of phenolic OH excluding ortho intramolecular Hbond substituents is 2. The lowest BCUT2D eigenvalue weighted by Crippen LogP contribution is -2.56. The first-order chi connectivity index (χ1) is 52.7. The lowest BCUT2D eigenvalue weighted by Gasteiger charge is -2.42. The van der Waals surface area contributed by atoms with Crippen LogP contribution < -0.4 is 44.6 Å². The Bertz CT molecular complexity index is 4790. The number of carbonyl (C=O) groups excluding carboxylic acids is 3. The fourth-order valence-electron chi connectivity index (χ4n) is 16.1. The van der Waals surface area contributed by atoms with Crippen LogP contribution in [-0.4, -0.2) is 220 Å². The molecule has 5 aromatic carbocycles. The average Bonchev–Trinajstić information content (AvgIpc) is 0.774. The molecule has 16 rings (SSSR count). The largest absolute Gasteiger partial charge is 0.508 e. The van der Waals surface area contributed by atoms with Crippen molar-refractivity contribution in [3.05, 3.63) is 187 Å². The van der Waals surface area contributed by atoms with E-state index in [-0.39, 0.29) is 41.9 Å². The van der Waals surface area contributed by atoms with Crippen molar-refractivity contribution >= 4 is 90.4 Å². The minimum absolute atomic E-state index is 0.00825. The van der Waals surface area contributed by atoms with Gasteiger partial charge in [0.15, 0.2) is 0 Å². The van der Waals surface area contributed by atoms with E-state index in [1.807, 2.05) is 95.7 Å². The number of likely N-dealkylation sites (tertiary alicyclic amines) is 1. The maximum Gasteiger partial charge on any atom is 0.318 e. The number of hydrogen-bond acceptors (Lipinski definition) is 22. The third kappa shape index (κ3) is 16.3. The number of hydrogen-bond donors (Lipinski definition) is 4. The molecule has 0 aliphatic carbocycles. The van der Waals surface area contributed by atoms with Crippen molar-refractivity contribution in [3.8, 4) is 23.5 Å². The predicted octanol–water partition coefficient (Wildman–Crippen LogP) is 9.09. The van der Waals surface area contributed by atoms with E-state index in [9.17, 15) is 29.7 Å². The van der Waals surface area contributed by atoms with Gasteiger partial charge in [0.2, 0.25) is 17.7 Å². The van der Waals surface area contributed by atoms with E-state index >= 15 is 0 Å². The molecule has 4 aromatic heterocycles. The van der Waals surface area contributed by atoms with Crippen molar-refractivity contribution in [1.82, 2.24) is 49.5 Å². The Morgan fingerprint density at radius 1 is 0.491 bits per heavy atom. The number of aliphatic hydroxyl groups excluding tert-OH is 1. The number of benzene rings is 5. The van der Waals surface area contributed by atoms with Crippen LogP contribution in [0.4, 0.5) is 40.3 Å². The molecule has 1 atom stereocenters. The molecule has 0 saturated carbocycles. The second kappa shape index (κ2) is 33.6. The molecule has 0 radical (unpaired) electrons. The average molecular weight is 1460 g/mol. The predicted molar refractivity (Wildman–Crippen MR) is 424 cm³/mol. The highest BCUT2D eigenvalue weighted by molar-refractivity contribution is 5.98. The number of ether oxygens (including phenoxy) is 2. The van der Waals surface area contributed by atoms with Crippen molar-refractivity contribution in [2.75, 3.05) is 166 Å². The van der Waals surface area contributed by atoms with Gasteiger partial charge in [-0.05, 0) is 110 Å². The Kier molecular flexibility index (Phi) is 22.9. The van der Waals surface area contributed by atoms with Crippen molar-refractivity contribution in [2.24, 2.45) is 0 Å². The second-order valence-corrected chi connectivity index (χ2v) is 28.4. The van der Waals surface area contributed by atoms with Gasteiger partial charge in [0, 0.05) is 166 Å². The van der Waals surface area contributed by atoms with Gasteiger partial charge in [-0.25, -0.2) is 4.98 Å². The number of phenols is 2. The first kappa shape index (κ1) is 73.6. The van der Waals surface area contributed by atoms with Crippen LogP contribution in [0.15, 0.2) is 153 Å². The molecule has 11 heterocycles. The summed E-state index contributed by atoms with van der Waals surface area (Å²) in [5.74, 6) is 3.48. The summed E-state index contributed by atoms with van der Waals surface area (Å²) in [4.78, 5) is 86.4. The molecule has 4 fully saturated rings. The monoisotopic (exact) mass is 1460 g/mol. The molecular weight excluding hydrogens is 1360 g/mol. The normalized spacial score (nSPS) is 17.4. The Labute approximate surface area is 630 Å². The molecule has 7 aliphatic rings. The van der Waals surface area contributed by atoms with Gasteiger partial charge in [0.05, 0.1) is 56.0 Å². The zero-order chi connectivity index (χ0) is 74.8. The quantitative estimate of drug-likeness (QED) is 0.0619. The molecule has 3 amide bonds. The van der Waals surface area contributed by atoms with Crippen LogP contribution in [0.25, 0.3) is 32.3 Å². The lowest BCUT2D eigenvalue weighted by molar-refractivity contribution is -0.127. The molecule has 9 aromatic rings. The first-order valence-electron chi connectivity index (χ1n) is 37.9. The standard InChI is InChI=1S/C31H38N6O3.C28H33N5O4.C24H26N6O/c1-2-29(39)35-14-16-36(17-15-35)30-26-10-13-37(28-21-24(38)20-23-8-4-5-9-25(23)28)22-27(26)32-31(33-30)40-19-18-34-11-6-3-7-12-34;1-3-13-37-28-29-24-17-31(25-15-21(35)14-19-7-5-6-8-22(19)25)10-9-23(24)27(30-28)33-12-11-32(26(36)4-2)16-20(33)18-34;1-2-23(31)29-13-11-28(12-14-29)21-7-9-26-20-16-30(10-8-19(20)21)24-18-6-4-3-5-17(18)15-22(25)27-24/h2,4-5,8-9,20-21,38H,1,3,6-7,10-19,22H2;4-8,14-15,20,34-35H,2-3,9-13,16-18H2,1H3;2-7,9,15H,1,8,10-14,16H2,(H2,25,27). The number of piperidine rings is 1. The molecule has 0 bridgehead atoms. The Morgan fingerprint density at radius 3 is 1.57 bits per heavy atom. The van der Waals surface area contributed by atoms with Gasteiger partial charge in [0.25, 0.3) is 0 Å². The maximum atomic E-state index is 12.2. The van der Waals surface area contributed by atoms with E-state index < -0.39 is 0 Å². The number of aromatic nitrogens is 6. The lowest BCUT2D eigenvalue weighted by atomic mass is 10.0. The number of rotatable bonds is 17. The number of aliphatic hydroxyl groups is 1. The van der Waals surface area contributed by atoms with Gasteiger partial charge in [-0.1, -0.05) is 106 Å². The van der Waals surface area contributed by atoms with E-state index in [1.54, 1.807) is 11.0 Å². The summed E-state index contributed by atoms with van der Waals surface area (Å²) in [6, 6.07) is 36.1. The highest BCUT2D eigenvalue weighted by Gasteiger charge is 2.36. The number of nitrogen functional groups attached to an aromatic ring is 1. The molecular formula is C83H97N17O8. The number of amides is 3. The molecule has 5 N–H and O–H groups in total. The number of aromatic hydroxyl groups is 2. The highest BCUT2D eigenvalue weighted by atomic mass is 16.5. The number of nitrogens with zero attached hydrogens (tertiary/aromatic N) is 16. The van der Waals surface area contributed by atoms with E-state index in [0.717, 1.165) is 161 Å². The van der Waals surface area contributed by atoms with Crippen LogP contribution in [0.5, 0.6) is 23.5 Å². The summed E-state index contributed by atoms with van der Waals surface area (Å²) in [7, 11) is 0. The van der Waals surface area contributed by atoms with Gasteiger partial charge >= 0.3 is 12.0 Å². The topological polar surface area (TPSA) is 266 Å². The molecule has 4 saturated heterocycles. The molecule has 7 aliphatic heterocycles. The van der Waals surface area contributed by atoms with E-state index in [4.69, 9.17) is 40.1 Å². The molecule has 1 unspecified atom stereocenters. The molecule has 25 nitrogen and oxygen atoms in total. The fraction of sp³-hybridized carbons (Fsp3) is 0.386. The van der Waals surface area contributed by atoms with Crippen LogP contribution >= 0.6 is 0 Å². The van der Waals surface area contributed by atoms with Crippen LogP contribution in [0.3, 0.4) is 0 Å². The second-order valence-electron chi connectivity index (χ2n) is 28.4. The van der Waals surface area contributed by atoms with Crippen LogP contribution in [0.2, 0.25) is 0 Å². The summed E-state index contributed by atoms with van der Waals surface area (Å²) in [6.45, 7) is 28.4. The third-order valence-corrected chi connectivity index (χ3v) is 21.7. The first-order valence-corrected chi connectivity index (χ1v) is 37.9. The Morgan fingerprint density at radius 2 is 0.991 bits per heavy atom. The fourth-order valence-corrected chi connectivity index (χ4v) is 16.1. The van der Waals surface area contributed by atoms with Crippen molar-refractivity contribution < 1.29 is 39.2 Å². The minimum Gasteiger partial charge on any atom is -0.508 e. The summed E-state index contributed by atoms with van der Waals surface area (Å²) in [5, 5.41) is 37.5. The van der Waals surface area contributed by atoms with Crippen molar-refractivity contribution in [3.63, 3.8) is 0 Å². The maximum absolute atomic E-state index is 12.2. The number of anilines is 7. The van der Waals surface area contributed by atoms with E-state index in [2.05, 4.69) is 89.4 Å². The SMILES string of the molecule is C=CC(=O)N1CCN(c2ccnc3c2CCN(c2nc(N)cc4ccccc24)C3)CC1.C=CC(=O)N1CCN(c2nc(OCCC)nc3c2CCN(c2cc(O)cc4ccccc24)C3)C(CO)C1.C=CC(=O)N1CCN(c2nc(OCCN3CCCCC3)nc3c2CCN(c2cc(O)cc4ccccc24)C3)CC1. The van der Waals surface area contributed by atoms with Crippen LogP contribution in [-0.2, 0) is 53.3 Å². The Hall–Kier alpha value is -11.3. The van der Waals surface area contributed by atoms with Gasteiger partial charge in [-0.2, -0.15) is 19.9 Å². The van der Waals surface area contributed by atoms with Crippen LogP contribution in [0.1, 0.15) is 66.4 Å². The van der Waals surface area contributed by atoms with Gasteiger partial charge in [-0.15, -0.1) is 0 Å². The van der Waals surface area contributed by atoms with Crippen LogP contribution in [0, 0.1) is 0 Å². The number of fused-ring (bicyclic) bond motifs is 6. The molecule has 25 heteroatoms. The van der Waals surface area contributed by atoms with Gasteiger partial charge in [0.1, 0.15) is 41.4 Å². The zero-order valence-electron chi connectivity index (χ0n) is 61.7. The number of carbonyl (C=O) groups is 3. The zero-order valence-corrected chi connectivity index (χ0v) is 61.7. The minimum atomic E-state index is -0.288. The van der Waals surface area contributed by atoms with Crippen molar-refractivity contribution in [1.29, 1.82) is 0 Å². The van der Waals surface area contributed by atoms with Gasteiger partial charge in [-0.3, -0.25) is 24.3 Å². The summed E-state index contributed by atoms with van der Waals surface area (Å²) >= 11 is 0. The third-order valence-electron chi connectivity index (χ3n) is 21.7. The summed E-state index contributed by atoms with van der Waals surface area (Å²) < 4.78 is 12.1. The number of piperazine rings is 3. The highest BCUT2D eigenvalue weighted by Crippen LogP contribution is 2.41. The Balaban J connectivity index is 0.000000137. The molecule has 108 heavy (non-hydrogen) atoms. The van der Waals surface area contributed by atoms with E-state index in [1.165, 1.54) is 48.7 Å². The summed E-state index contributed by atoms with van der Waals surface area (Å²) in [5.41, 5.74) is 15.7. The summed E-state index contributed by atoms with van der Waals surface area (Å²) in [6.07, 6.45) is 13.0. The number of nitrogens with two attached hydrogens (primary N) is 1. The number of pyridine rings is 2. The molecule has 0 spiro atoms. The van der Waals surface area contributed by atoms with E-state index in [0.29, 0.717) is 116 Å². The molecule has 562 valence electrons. The smallest absolute Gasteiger partial charge is 0.318 e. The van der Waals surface area contributed by atoms with Crippen molar-refractivity contribution in [2.45, 2.75) is 77.5 Å².